The molecule has 1 unspecified atom stereocenters. The van der Waals surface area contributed by atoms with Gasteiger partial charge in [0.1, 0.15) is 5.76 Å². The van der Waals surface area contributed by atoms with Gasteiger partial charge in [-0.3, -0.25) is 4.79 Å². The summed E-state index contributed by atoms with van der Waals surface area (Å²) < 4.78 is 5.16. The molecule has 1 atom stereocenters. The van der Waals surface area contributed by atoms with Crippen LogP contribution in [0.25, 0.3) is 0 Å². The fourth-order valence-corrected chi connectivity index (χ4v) is 1.87. The summed E-state index contributed by atoms with van der Waals surface area (Å²) in [6.07, 6.45) is 1.58. The van der Waals surface area contributed by atoms with E-state index in [1.807, 2.05) is 37.3 Å². The second-order valence-electron chi connectivity index (χ2n) is 4.87. The molecular weight excluding hydrogens is 268 g/mol. The van der Waals surface area contributed by atoms with E-state index in [0.29, 0.717) is 13.1 Å². The zero-order valence-corrected chi connectivity index (χ0v) is 12.0. The number of hydrogen-bond acceptors (Lipinski definition) is 4. The number of aliphatic hydroxyl groups is 1. The molecule has 0 fully saturated rings. The van der Waals surface area contributed by atoms with Crippen LogP contribution >= 0.6 is 0 Å². The van der Waals surface area contributed by atoms with Gasteiger partial charge in [0.25, 0.3) is 0 Å². The lowest BCUT2D eigenvalue weighted by atomic mass is 10.1. The fraction of sp³-hybridized carbons (Fsp3) is 0.312. The molecule has 0 saturated carbocycles. The predicted octanol–water partition coefficient (Wildman–Crippen LogP) is 1.57. The van der Waals surface area contributed by atoms with Crippen molar-refractivity contribution < 1.29 is 14.3 Å². The van der Waals surface area contributed by atoms with E-state index in [4.69, 9.17) is 9.52 Å². The van der Waals surface area contributed by atoms with Gasteiger partial charge in [0.15, 0.2) is 0 Å². The number of furan rings is 1. The lowest BCUT2D eigenvalue weighted by Gasteiger charge is -2.13. The van der Waals surface area contributed by atoms with Crippen LogP contribution in [0.1, 0.15) is 23.8 Å². The maximum Gasteiger partial charge on any atom is 0.237 e. The maximum absolute atomic E-state index is 11.9. The van der Waals surface area contributed by atoms with Gasteiger partial charge in [-0.1, -0.05) is 24.3 Å². The molecule has 0 saturated heterocycles. The largest absolute Gasteiger partial charge is 0.467 e. The average Bonchev–Trinajstić information content (AvgIpc) is 3.04. The van der Waals surface area contributed by atoms with E-state index >= 15 is 0 Å². The first-order chi connectivity index (χ1) is 10.2. The summed E-state index contributed by atoms with van der Waals surface area (Å²) in [7, 11) is 0. The summed E-state index contributed by atoms with van der Waals surface area (Å²) in [6, 6.07) is 10.9. The van der Waals surface area contributed by atoms with Crippen LogP contribution in [0.5, 0.6) is 0 Å². The van der Waals surface area contributed by atoms with Gasteiger partial charge in [-0.2, -0.15) is 0 Å². The Balaban J connectivity index is 1.74. The molecule has 0 spiro atoms. The minimum atomic E-state index is -0.294. The molecule has 1 heterocycles. The monoisotopic (exact) mass is 288 g/mol. The van der Waals surface area contributed by atoms with Crippen molar-refractivity contribution in [1.29, 1.82) is 0 Å². The van der Waals surface area contributed by atoms with Crippen LogP contribution in [0.3, 0.4) is 0 Å². The number of nitrogens with one attached hydrogen (secondary N) is 2. The number of carbonyl (C=O) groups is 1. The van der Waals surface area contributed by atoms with Crippen LogP contribution in [0.15, 0.2) is 47.1 Å². The van der Waals surface area contributed by atoms with Crippen LogP contribution in [0.4, 0.5) is 0 Å². The second-order valence-corrected chi connectivity index (χ2v) is 4.87. The number of aliphatic hydroxyl groups excluding tert-OH is 1. The third-order valence-electron chi connectivity index (χ3n) is 3.23. The number of carbonyl (C=O) groups excluding carboxylic acids is 1. The highest BCUT2D eigenvalue weighted by atomic mass is 16.3. The Kier molecular flexibility index (Phi) is 5.54. The Morgan fingerprint density at radius 1 is 1.19 bits per heavy atom. The minimum absolute atomic E-state index is 0.0410. The highest BCUT2D eigenvalue weighted by Crippen LogP contribution is 2.04. The summed E-state index contributed by atoms with van der Waals surface area (Å²) >= 11 is 0. The molecule has 2 rings (SSSR count). The predicted molar refractivity (Wildman–Crippen MR) is 79.2 cm³/mol. The van der Waals surface area contributed by atoms with E-state index in [1.165, 1.54) is 0 Å². The lowest BCUT2D eigenvalue weighted by molar-refractivity contribution is -0.123. The van der Waals surface area contributed by atoms with E-state index < -0.39 is 0 Å². The van der Waals surface area contributed by atoms with Gasteiger partial charge in [0.2, 0.25) is 5.91 Å². The summed E-state index contributed by atoms with van der Waals surface area (Å²) in [5, 5.41) is 15.0. The van der Waals surface area contributed by atoms with Crippen LogP contribution in [-0.4, -0.2) is 17.1 Å². The molecule has 0 aliphatic heterocycles. The summed E-state index contributed by atoms with van der Waals surface area (Å²) in [6.45, 7) is 2.85. The van der Waals surface area contributed by atoms with Crippen molar-refractivity contribution in [2.24, 2.45) is 0 Å². The van der Waals surface area contributed by atoms with Crippen molar-refractivity contribution in [3.8, 4) is 0 Å². The van der Waals surface area contributed by atoms with Gasteiger partial charge < -0.3 is 20.2 Å². The van der Waals surface area contributed by atoms with E-state index in [2.05, 4.69) is 10.6 Å². The van der Waals surface area contributed by atoms with Gasteiger partial charge in [-0.05, 0) is 30.2 Å². The molecular formula is C16H20N2O3. The Morgan fingerprint density at radius 3 is 2.52 bits per heavy atom. The van der Waals surface area contributed by atoms with Crippen molar-refractivity contribution in [2.75, 3.05) is 0 Å². The Morgan fingerprint density at radius 2 is 1.90 bits per heavy atom. The smallest absolute Gasteiger partial charge is 0.237 e. The molecule has 2 aromatic rings. The van der Waals surface area contributed by atoms with Crippen molar-refractivity contribution in [3.05, 3.63) is 59.5 Å². The van der Waals surface area contributed by atoms with Crippen molar-refractivity contribution in [1.82, 2.24) is 10.6 Å². The molecule has 0 bridgehead atoms. The fourth-order valence-electron chi connectivity index (χ4n) is 1.87. The van der Waals surface area contributed by atoms with E-state index in [0.717, 1.165) is 16.9 Å². The van der Waals surface area contributed by atoms with Crippen LogP contribution in [0.2, 0.25) is 0 Å². The summed E-state index contributed by atoms with van der Waals surface area (Å²) in [5.74, 6) is 0.661. The third kappa shape index (κ3) is 4.73. The average molecular weight is 288 g/mol. The van der Waals surface area contributed by atoms with Crippen molar-refractivity contribution >= 4 is 5.91 Å². The maximum atomic E-state index is 11.9. The summed E-state index contributed by atoms with van der Waals surface area (Å²) in [5.41, 5.74) is 1.95. The Labute approximate surface area is 124 Å². The Bertz CT molecular complexity index is 549. The highest BCUT2D eigenvalue weighted by molar-refractivity contribution is 5.81. The molecule has 0 aliphatic carbocycles. The van der Waals surface area contributed by atoms with Crippen LogP contribution < -0.4 is 10.6 Å². The van der Waals surface area contributed by atoms with Crippen LogP contribution in [0, 0.1) is 0 Å². The molecule has 1 amide bonds. The summed E-state index contributed by atoms with van der Waals surface area (Å²) in [4.78, 5) is 11.9. The number of amides is 1. The molecule has 3 N–H and O–H groups in total. The zero-order chi connectivity index (χ0) is 15.1. The number of benzene rings is 1. The van der Waals surface area contributed by atoms with Gasteiger partial charge in [-0.15, -0.1) is 0 Å². The molecule has 1 aromatic carbocycles. The molecule has 0 radical (unpaired) electrons. The molecule has 1 aromatic heterocycles. The van der Waals surface area contributed by atoms with Crippen LogP contribution in [-0.2, 0) is 24.5 Å². The quantitative estimate of drug-likeness (QED) is 0.723. The Hall–Kier alpha value is -2.11. The SMILES string of the molecule is CC(NCc1ccc(CO)cc1)C(=O)NCc1ccco1. The minimum Gasteiger partial charge on any atom is -0.467 e. The molecule has 5 heteroatoms. The standard InChI is InChI=1S/C16H20N2O3/c1-12(16(20)18-10-15-3-2-8-21-15)17-9-13-4-6-14(11-19)7-5-13/h2-8,12,17,19H,9-11H2,1H3,(H,18,20). The van der Waals surface area contributed by atoms with Crippen molar-refractivity contribution in [3.63, 3.8) is 0 Å². The molecule has 0 aliphatic rings. The van der Waals surface area contributed by atoms with Gasteiger partial charge in [0.05, 0.1) is 25.5 Å². The van der Waals surface area contributed by atoms with E-state index in [9.17, 15) is 4.79 Å². The number of hydrogen-bond donors (Lipinski definition) is 3. The molecule has 5 nitrogen and oxygen atoms in total. The van der Waals surface area contributed by atoms with Crippen molar-refractivity contribution in [2.45, 2.75) is 32.7 Å². The normalized spacial score (nSPS) is 12.1. The lowest BCUT2D eigenvalue weighted by Crippen LogP contribution is -2.41. The van der Waals surface area contributed by atoms with Gasteiger partial charge in [0, 0.05) is 6.54 Å². The van der Waals surface area contributed by atoms with E-state index in [1.54, 1.807) is 12.3 Å². The molecule has 21 heavy (non-hydrogen) atoms. The van der Waals surface area contributed by atoms with Gasteiger partial charge in [-0.25, -0.2) is 0 Å². The zero-order valence-electron chi connectivity index (χ0n) is 12.0. The highest BCUT2D eigenvalue weighted by Gasteiger charge is 2.12. The van der Waals surface area contributed by atoms with E-state index in [-0.39, 0.29) is 18.6 Å². The molecule has 112 valence electrons. The first-order valence-corrected chi connectivity index (χ1v) is 6.91. The first-order valence-electron chi connectivity index (χ1n) is 6.91. The number of rotatable bonds is 7. The topological polar surface area (TPSA) is 74.5 Å². The third-order valence-corrected chi connectivity index (χ3v) is 3.23. The second kappa shape index (κ2) is 7.61. The van der Waals surface area contributed by atoms with Gasteiger partial charge >= 0.3 is 0 Å². The first kappa shape index (κ1) is 15.3.